The zero-order valence-corrected chi connectivity index (χ0v) is 11.1. The van der Waals surface area contributed by atoms with Gasteiger partial charge < -0.3 is 4.55 Å². The Morgan fingerprint density at radius 1 is 1.29 bits per heavy atom. The molecule has 0 aromatic heterocycles. The van der Waals surface area contributed by atoms with Crippen molar-refractivity contribution in [2.45, 2.75) is 32.4 Å². The maximum Gasteiger partial charge on any atom is 0.144 e. The first kappa shape index (κ1) is 14.1. The van der Waals surface area contributed by atoms with Gasteiger partial charge in [0.15, 0.2) is 0 Å². The van der Waals surface area contributed by atoms with E-state index in [1.165, 1.54) is 6.07 Å². The Bertz CT molecular complexity index is 441. The molecule has 0 radical (unpaired) electrons. The molecule has 1 rings (SSSR count). The van der Waals surface area contributed by atoms with E-state index in [1.807, 2.05) is 0 Å². The number of nitrogens with zero attached hydrogens (tertiary/aromatic N) is 1. The molecule has 0 saturated heterocycles. The first-order chi connectivity index (χ1) is 7.71. The average molecular weight is 259 g/mol. The Labute approximate surface area is 103 Å². The highest BCUT2D eigenvalue weighted by Crippen LogP contribution is 2.19. The zero-order chi connectivity index (χ0) is 13.2. The molecule has 0 aliphatic carbocycles. The van der Waals surface area contributed by atoms with Crippen molar-refractivity contribution in [1.82, 2.24) is 0 Å². The Balaban J connectivity index is 3.04. The van der Waals surface area contributed by atoms with Crippen molar-refractivity contribution in [2.75, 3.05) is 0 Å². The second-order valence-electron chi connectivity index (χ2n) is 4.66. The van der Waals surface area contributed by atoms with Crippen LogP contribution in [-0.4, -0.2) is 15.0 Å². The molecule has 0 N–H and O–H groups in total. The topological polar surface area (TPSA) is 35.4 Å². The third-order valence-electron chi connectivity index (χ3n) is 2.06. The van der Waals surface area contributed by atoms with Gasteiger partial charge in [-0.1, -0.05) is 4.40 Å². The molecule has 17 heavy (non-hydrogen) atoms. The van der Waals surface area contributed by atoms with E-state index in [2.05, 4.69) is 4.40 Å². The van der Waals surface area contributed by atoms with Gasteiger partial charge in [-0.2, -0.15) is 0 Å². The van der Waals surface area contributed by atoms with Gasteiger partial charge in [0.1, 0.15) is 27.7 Å². The maximum absolute atomic E-state index is 13.4. The number of hydrogen-bond donors (Lipinski definition) is 0. The summed E-state index contributed by atoms with van der Waals surface area (Å²) < 4.78 is 41.3. The Kier molecular flexibility index (Phi) is 4.27. The summed E-state index contributed by atoms with van der Waals surface area (Å²) in [5, 5.41) is 0. The fraction of sp³-hybridized carbons (Fsp3) is 0.417. The van der Waals surface area contributed by atoms with Gasteiger partial charge in [-0.15, -0.1) is 0 Å². The van der Waals surface area contributed by atoms with Crippen LogP contribution < -0.4 is 0 Å². The second-order valence-corrected chi connectivity index (χ2v) is 6.57. The number of benzene rings is 1. The normalized spacial score (nSPS) is 14.9. The third kappa shape index (κ3) is 3.78. The molecule has 0 fully saturated rings. The van der Waals surface area contributed by atoms with E-state index in [9.17, 15) is 13.3 Å². The molecule has 0 heterocycles. The van der Waals surface area contributed by atoms with Gasteiger partial charge in [-0.3, -0.25) is 0 Å². The quantitative estimate of drug-likeness (QED) is 0.593. The van der Waals surface area contributed by atoms with E-state index in [-0.39, 0.29) is 5.56 Å². The number of halogens is 2. The molecule has 1 aromatic rings. The molecule has 1 aromatic carbocycles. The van der Waals surface area contributed by atoms with Crippen LogP contribution in [0.25, 0.3) is 0 Å². The lowest BCUT2D eigenvalue weighted by Crippen LogP contribution is -2.26. The maximum atomic E-state index is 13.4. The van der Waals surface area contributed by atoms with Crippen molar-refractivity contribution in [3.05, 3.63) is 35.4 Å². The molecular formula is C12H15F2NOS. The van der Waals surface area contributed by atoms with Crippen molar-refractivity contribution < 1.29 is 13.3 Å². The first-order valence-corrected chi connectivity index (χ1v) is 6.25. The van der Waals surface area contributed by atoms with E-state index in [0.717, 1.165) is 12.1 Å². The molecule has 0 amide bonds. The Hall–Kier alpha value is -0.940. The fourth-order valence-electron chi connectivity index (χ4n) is 1.09. The van der Waals surface area contributed by atoms with Crippen LogP contribution in [0.5, 0.6) is 0 Å². The van der Waals surface area contributed by atoms with Gasteiger partial charge in [-0.25, -0.2) is 8.78 Å². The molecule has 0 spiro atoms. The lowest BCUT2D eigenvalue weighted by molar-refractivity contribution is 0.561. The summed E-state index contributed by atoms with van der Waals surface area (Å²) in [6.45, 7) is 6.89. The Morgan fingerprint density at radius 3 is 2.35 bits per heavy atom. The summed E-state index contributed by atoms with van der Waals surface area (Å²) in [5.41, 5.74) is 0.472. The van der Waals surface area contributed by atoms with E-state index in [4.69, 9.17) is 0 Å². The minimum absolute atomic E-state index is 0.170. The van der Waals surface area contributed by atoms with Crippen molar-refractivity contribution in [1.29, 1.82) is 0 Å². The number of hydrogen-bond acceptors (Lipinski definition) is 2. The number of rotatable bonds is 2. The largest absolute Gasteiger partial charge is 0.591 e. The zero-order valence-electron chi connectivity index (χ0n) is 10.3. The van der Waals surface area contributed by atoms with Crippen LogP contribution in [0, 0.1) is 11.6 Å². The summed E-state index contributed by atoms with van der Waals surface area (Å²) in [6.07, 6.45) is 0. The summed E-state index contributed by atoms with van der Waals surface area (Å²) in [7, 11) is 0. The lowest BCUT2D eigenvalue weighted by atomic mass is 10.1. The van der Waals surface area contributed by atoms with E-state index < -0.39 is 27.7 Å². The SMILES string of the molecule is C/C(=N/[S+]([O-])C(C)(C)C)c1ccc(F)cc1F. The molecular weight excluding hydrogens is 244 g/mol. The van der Waals surface area contributed by atoms with Crippen LogP contribution in [-0.2, 0) is 11.4 Å². The third-order valence-corrected chi connectivity index (χ3v) is 3.55. The summed E-state index contributed by atoms with van der Waals surface area (Å²) in [4.78, 5) is 0. The van der Waals surface area contributed by atoms with Gasteiger partial charge in [0, 0.05) is 11.6 Å². The first-order valence-electron chi connectivity index (χ1n) is 5.14. The van der Waals surface area contributed by atoms with Crippen molar-refractivity contribution in [3.8, 4) is 0 Å². The van der Waals surface area contributed by atoms with Crippen LogP contribution >= 0.6 is 0 Å². The van der Waals surface area contributed by atoms with Gasteiger partial charge in [0.2, 0.25) is 0 Å². The van der Waals surface area contributed by atoms with E-state index in [1.54, 1.807) is 27.7 Å². The molecule has 0 bridgehead atoms. The predicted molar refractivity (Wildman–Crippen MR) is 66.5 cm³/mol. The standard InChI is InChI=1S/C12H15F2NOS/c1-8(15-17(16)12(2,3)4)10-6-5-9(13)7-11(10)14/h5-7H,1-4H3/b15-8-. The highest BCUT2D eigenvalue weighted by Gasteiger charge is 2.27. The molecule has 5 heteroatoms. The minimum atomic E-state index is -1.45. The molecule has 0 saturated carbocycles. The molecule has 1 unspecified atom stereocenters. The van der Waals surface area contributed by atoms with Crippen molar-refractivity contribution >= 4 is 17.1 Å². The van der Waals surface area contributed by atoms with E-state index in [0.29, 0.717) is 5.71 Å². The van der Waals surface area contributed by atoms with Crippen LogP contribution in [0.1, 0.15) is 33.3 Å². The predicted octanol–water partition coefficient (Wildman–Crippen LogP) is 3.24. The smallest absolute Gasteiger partial charge is 0.144 e. The molecule has 94 valence electrons. The fourth-order valence-corrected chi connectivity index (χ4v) is 1.71. The molecule has 2 nitrogen and oxygen atoms in total. The molecule has 1 atom stereocenters. The highest BCUT2D eigenvalue weighted by atomic mass is 32.2. The van der Waals surface area contributed by atoms with Gasteiger partial charge in [0.05, 0.1) is 5.71 Å². The van der Waals surface area contributed by atoms with Gasteiger partial charge >= 0.3 is 0 Å². The minimum Gasteiger partial charge on any atom is -0.591 e. The van der Waals surface area contributed by atoms with Crippen LogP contribution in [0.2, 0.25) is 0 Å². The lowest BCUT2D eigenvalue weighted by Gasteiger charge is -2.18. The van der Waals surface area contributed by atoms with Crippen LogP contribution in [0.15, 0.2) is 22.6 Å². The Morgan fingerprint density at radius 2 is 1.88 bits per heavy atom. The average Bonchev–Trinajstić information content (AvgIpc) is 2.15. The molecule has 0 aliphatic heterocycles. The van der Waals surface area contributed by atoms with Gasteiger partial charge in [0.25, 0.3) is 0 Å². The summed E-state index contributed by atoms with van der Waals surface area (Å²) in [6, 6.07) is 3.23. The highest BCUT2D eigenvalue weighted by molar-refractivity contribution is 7.91. The monoisotopic (exact) mass is 259 g/mol. The van der Waals surface area contributed by atoms with E-state index >= 15 is 0 Å². The molecule has 0 aliphatic rings. The van der Waals surface area contributed by atoms with Crippen LogP contribution in [0.4, 0.5) is 8.78 Å². The van der Waals surface area contributed by atoms with Crippen molar-refractivity contribution in [3.63, 3.8) is 0 Å². The van der Waals surface area contributed by atoms with Crippen molar-refractivity contribution in [2.24, 2.45) is 4.40 Å². The van der Waals surface area contributed by atoms with Crippen LogP contribution in [0.3, 0.4) is 0 Å². The van der Waals surface area contributed by atoms with Gasteiger partial charge in [-0.05, 0) is 39.8 Å². The summed E-state index contributed by atoms with van der Waals surface area (Å²) in [5.74, 6) is -1.34. The summed E-state index contributed by atoms with van der Waals surface area (Å²) >= 11 is -1.45. The second kappa shape index (κ2) is 5.14.